The molecule has 0 aromatic carbocycles. The number of urea groups is 1. The van der Waals surface area contributed by atoms with Crippen molar-refractivity contribution < 1.29 is 13.2 Å². The predicted molar refractivity (Wildman–Crippen MR) is 76.9 cm³/mol. The first-order valence-corrected chi connectivity index (χ1v) is 8.68. The zero-order valence-electron chi connectivity index (χ0n) is 12.6. The highest BCUT2D eigenvalue weighted by Gasteiger charge is 2.32. The fraction of sp³-hybridized carbons (Fsp3) is 0.923. The Morgan fingerprint density at radius 2 is 1.95 bits per heavy atom. The zero-order valence-corrected chi connectivity index (χ0v) is 13.4. The molecule has 6 heteroatoms. The number of carbonyl (C=O) groups is 1. The van der Waals surface area contributed by atoms with Crippen LogP contribution in [0.3, 0.4) is 0 Å². The molecule has 5 nitrogen and oxygen atoms in total. The van der Waals surface area contributed by atoms with Crippen LogP contribution in [0.25, 0.3) is 0 Å². The van der Waals surface area contributed by atoms with Crippen molar-refractivity contribution in [1.29, 1.82) is 0 Å². The number of carbonyl (C=O) groups excluding carboxylic acids is 1. The van der Waals surface area contributed by atoms with E-state index in [9.17, 15) is 13.2 Å². The number of sulfone groups is 1. The molecule has 0 bridgehead atoms. The van der Waals surface area contributed by atoms with E-state index < -0.39 is 14.6 Å². The predicted octanol–water partition coefficient (Wildman–Crippen LogP) is 1.64. The minimum Gasteiger partial charge on any atom is -0.336 e. The van der Waals surface area contributed by atoms with Gasteiger partial charge in [0.25, 0.3) is 0 Å². The van der Waals surface area contributed by atoms with Crippen LogP contribution < -0.4 is 5.32 Å². The number of hydrogen-bond donors (Lipinski definition) is 1. The Morgan fingerprint density at radius 1 is 1.37 bits per heavy atom. The average molecular weight is 290 g/mol. The minimum absolute atomic E-state index is 0.142. The second-order valence-corrected chi connectivity index (χ2v) is 9.01. The number of hydrogen-bond acceptors (Lipinski definition) is 3. The molecule has 0 aromatic heterocycles. The lowest BCUT2D eigenvalue weighted by Gasteiger charge is -2.37. The van der Waals surface area contributed by atoms with Gasteiger partial charge in [-0.1, -0.05) is 6.92 Å². The van der Waals surface area contributed by atoms with Crippen LogP contribution in [-0.4, -0.2) is 49.5 Å². The van der Waals surface area contributed by atoms with E-state index in [1.165, 1.54) is 6.26 Å². The molecule has 0 radical (unpaired) electrons. The third kappa shape index (κ3) is 4.09. The largest absolute Gasteiger partial charge is 0.336 e. The van der Waals surface area contributed by atoms with Gasteiger partial charge in [-0.3, -0.25) is 0 Å². The van der Waals surface area contributed by atoms with Crippen molar-refractivity contribution in [3.05, 3.63) is 0 Å². The highest BCUT2D eigenvalue weighted by molar-refractivity contribution is 7.92. The van der Waals surface area contributed by atoms with Gasteiger partial charge in [-0.2, -0.15) is 0 Å². The first-order chi connectivity index (χ1) is 8.54. The molecule has 0 unspecified atom stereocenters. The lowest BCUT2D eigenvalue weighted by Crippen LogP contribution is -2.52. The molecular weight excluding hydrogens is 264 g/mol. The van der Waals surface area contributed by atoms with Gasteiger partial charge in [-0.05, 0) is 39.5 Å². The number of piperidine rings is 1. The Labute approximate surface area is 116 Å². The van der Waals surface area contributed by atoms with Gasteiger partial charge in [-0.25, -0.2) is 13.2 Å². The normalized spacial score (nSPS) is 25.2. The van der Waals surface area contributed by atoms with Gasteiger partial charge in [0.1, 0.15) is 0 Å². The molecule has 0 aliphatic carbocycles. The molecule has 0 aromatic rings. The first-order valence-electron chi connectivity index (χ1n) is 6.78. The fourth-order valence-corrected chi connectivity index (χ4v) is 2.56. The van der Waals surface area contributed by atoms with Crippen LogP contribution in [0.1, 0.15) is 40.5 Å². The Hall–Kier alpha value is -0.780. The van der Waals surface area contributed by atoms with E-state index in [4.69, 9.17) is 0 Å². The summed E-state index contributed by atoms with van der Waals surface area (Å²) in [7, 11) is -3.18. The second-order valence-electron chi connectivity index (χ2n) is 6.36. The summed E-state index contributed by atoms with van der Waals surface area (Å²) >= 11 is 0. The zero-order chi connectivity index (χ0) is 14.8. The van der Waals surface area contributed by atoms with Crippen molar-refractivity contribution in [1.82, 2.24) is 10.2 Å². The number of rotatable bonds is 3. The number of nitrogens with zero attached hydrogens (tertiary/aromatic N) is 1. The Morgan fingerprint density at radius 3 is 2.42 bits per heavy atom. The Balaban J connectivity index is 2.57. The van der Waals surface area contributed by atoms with Crippen LogP contribution >= 0.6 is 0 Å². The van der Waals surface area contributed by atoms with E-state index in [1.807, 2.05) is 6.92 Å². The van der Waals surface area contributed by atoms with Gasteiger partial charge in [-0.15, -0.1) is 0 Å². The number of amides is 2. The lowest BCUT2D eigenvalue weighted by molar-refractivity contribution is 0.139. The summed E-state index contributed by atoms with van der Waals surface area (Å²) < 4.78 is 22.2. The molecule has 0 spiro atoms. The molecule has 19 heavy (non-hydrogen) atoms. The maximum absolute atomic E-state index is 12.1. The minimum atomic E-state index is -3.18. The van der Waals surface area contributed by atoms with E-state index in [-0.39, 0.29) is 18.6 Å². The molecule has 1 heterocycles. The van der Waals surface area contributed by atoms with Crippen molar-refractivity contribution in [2.24, 2.45) is 5.92 Å². The summed E-state index contributed by atoms with van der Waals surface area (Å²) in [6.07, 6.45) is 3.21. The molecule has 112 valence electrons. The van der Waals surface area contributed by atoms with Crippen molar-refractivity contribution in [2.75, 3.05) is 19.3 Å². The summed E-state index contributed by atoms with van der Waals surface area (Å²) in [5.74, 6) is 0.645. The Bertz CT molecular complexity index is 431. The maximum Gasteiger partial charge on any atom is 0.317 e. The molecular formula is C13H26N2O3S. The van der Waals surface area contributed by atoms with Crippen molar-refractivity contribution >= 4 is 15.9 Å². The highest BCUT2D eigenvalue weighted by Crippen LogP contribution is 2.22. The van der Waals surface area contributed by atoms with Crippen LogP contribution in [0.2, 0.25) is 0 Å². The van der Waals surface area contributed by atoms with Crippen LogP contribution in [0.5, 0.6) is 0 Å². The topological polar surface area (TPSA) is 66.5 Å². The van der Waals surface area contributed by atoms with Gasteiger partial charge in [0, 0.05) is 25.4 Å². The van der Waals surface area contributed by atoms with Crippen LogP contribution in [0.15, 0.2) is 0 Å². The van der Waals surface area contributed by atoms with Gasteiger partial charge >= 0.3 is 6.03 Å². The smallest absolute Gasteiger partial charge is 0.317 e. The number of nitrogens with one attached hydrogen (secondary N) is 1. The third-order valence-corrected chi connectivity index (χ3v) is 6.22. The van der Waals surface area contributed by atoms with Gasteiger partial charge < -0.3 is 10.2 Å². The summed E-state index contributed by atoms with van der Waals surface area (Å²) in [5.41, 5.74) is 0. The molecule has 1 aliphatic rings. The molecule has 2 atom stereocenters. The van der Waals surface area contributed by atoms with Gasteiger partial charge in [0.2, 0.25) is 0 Å². The van der Waals surface area contributed by atoms with Gasteiger partial charge in [0.05, 0.1) is 4.75 Å². The standard InChI is InChI=1S/C13H26N2O3S/c1-10-6-7-15(11(2)8-10)12(16)14-9-13(3,4)19(5,17)18/h10-11H,6-9H2,1-5H3,(H,14,16)/t10-,11+/m1/s1. The maximum atomic E-state index is 12.1. The monoisotopic (exact) mass is 290 g/mol. The highest BCUT2D eigenvalue weighted by atomic mass is 32.2. The van der Waals surface area contributed by atoms with E-state index in [2.05, 4.69) is 12.2 Å². The van der Waals surface area contributed by atoms with E-state index in [0.29, 0.717) is 5.92 Å². The lowest BCUT2D eigenvalue weighted by atomic mass is 9.94. The first kappa shape index (κ1) is 16.3. The molecule has 1 saturated heterocycles. The molecule has 1 N–H and O–H groups in total. The van der Waals surface area contributed by atoms with Crippen molar-refractivity contribution in [2.45, 2.75) is 51.3 Å². The Kier molecular flexibility index (Phi) is 4.87. The number of likely N-dealkylation sites (tertiary alicyclic amines) is 1. The fourth-order valence-electron chi connectivity index (χ4n) is 2.23. The molecule has 0 saturated carbocycles. The summed E-state index contributed by atoms with van der Waals surface area (Å²) in [6.45, 7) is 8.38. The van der Waals surface area contributed by atoms with Crippen molar-refractivity contribution in [3.63, 3.8) is 0 Å². The van der Waals surface area contributed by atoms with E-state index in [1.54, 1.807) is 18.7 Å². The van der Waals surface area contributed by atoms with E-state index in [0.717, 1.165) is 19.4 Å². The third-order valence-electron chi connectivity index (χ3n) is 4.07. The molecule has 1 rings (SSSR count). The molecule has 1 fully saturated rings. The second kappa shape index (κ2) is 5.69. The van der Waals surface area contributed by atoms with Crippen LogP contribution in [-0.2, 0) is 9.84 Å². The molecule has 2 amide bonds. The SMILES string of the molecule is C[C@@H]1CCN(C(=O)NCC(C)(C)S(C)(=O)=O)[C@@H](C)C1. The molecule has 1 aliphatic heterocycles. The van der Waals surface area contributed by atoms with Crippen LogP contribution in [0, 0.1) is 5.92 Å². The summed E-state index contributed by atoms with van der Waals surface area (Å²) in [5, 5.41) is 2.75. The summed E-state index contributed by atoms with van der Waals surface area (Å²) in [6, 6.07) is 0.0567. The van der Waals surface area contributed by atoms with Gasteiger partial charge in [0.15, 0.2) is 9.84 Å². The van der Waals surface area contributed by atoms with E-state index >= 15 is 0 Å². The van der Waals surface area contributed by atoms with Crippen LogP contribution in [0.4, 0.5) is 4.79 Å². The average Bonchev–Trinajstić information content (AvgIpc) is 2.24. The quantitative estimate of drug-likeness (QED) is 0.859. The van der Waals surface area contributed by atoms with Crippen molar-refractivity contribution in [3.8, 4) is 0 Å². The summed E-state index contributed by atoms with van der Waals surface area (Å²) in [4.78, 5) is 13.9.